The fourth-order valence-electron chi connectivity index (χ4n) is 4.86. The van der Waals surface area contributed by atoms with Crippen LogP contribution in [0, 0.1) is 5.82 Å². The van der Waals surface area contributed by atoms with Crippen molar-refractivity contribution in [2.45, 2.75) is 110 Å². The van der Waals surface area contributed by atoms with Crippen molar-refractivity contribution >= 4 is 23.3 Å². The molecule has 0 fully saturated rings. The molecule has 0 unspecified atom stereocenters. The molecule has 0 N–H and O–H groups in total. The first-order chi connectivity index (χ1) is 22.4. The molecule has 0 aliphatic heterocycles. The zero-order valence-electron chi connectivity index (χ0n) is 27.6. The summed E-state index contributed by atoms with van der Waals surface area (Å²) in [5.74, 6) is -0.908. The van der Waals surface area contributed by atoms with E-state index in [0.717, 1.165) is 38.5 Å². The quantitative estimate of drug-likeness (QED) is 0.0505. The van der Waals surface area contributed by atoms with Gasteiger partial charge in [-0.2, -0.15) is 10.2 Å². The molecular weight excluding hydrogens is 583 g/mol. The van der Waals surface area contributed by atoms with Crippen LogP contribution in [0.25, 0.3) is 0 Å². The normalized spacial score (nSPS) is 11.8. The second-order valence-corrected chi connectivity index (χ2v) is 11.7. The molecule has 248 valence electrons. The highest BCUT2D eigenvalue weighted by Gasteiger charge is 2.14. The monoisotopic (exact) mass is 632 g/mol. The minimum atomic E-state index is -0.552. The zero-order valence-corrected chi connectivity index (χ0v) is 27.6. The number of carbonyl (C=O) groups is 2. The van der Waals surface area contributed by atoms with Crippen LogP contribution in [0.15, 0.2) is 77.0 Å². The number of unbranched alkanes of at least 4 members (excludes halogenated alkanes) is 10. The fourth-order valence-corrected chi connectivity index (χ4v) is 4.86. The molecule has 0 radical (unpaired) electrons. The van der Waals surface area contributed by atoms with Crippen molar-refractivity contribution < 1.29 is 28.2 Å². The molecular formula is C38H49FN2O5. The minimum Gasteiger partial charge on any atom is -0.491 e. The Morgan fingerprint density at radius 2 is 1.22 bits per heavy atom. The van der Waals surface area contributed by atoms with Crippen LogP contribution < -0.4 is 9.47 Å². The van der Waals surface area contributed by atoms with Crippen LogP contribution in [-0.2, 0) is 4.74 Å². The van der Waals surface area contributed by atoms with E-state index < -0.39 is 17.8 Å². The van der Waals surface area contributed by atoms with Gasteiger partial charge in [0.15, 0.2) is 11.6 Å². The molecule has 0 amide bonds. The van der Waals surface area contributed by atoms with Gasteiger partial charge in [-0.1, -0.05) is 78.1 Å². The minimum absolute atomic E-state index is 0.153. The summed E-state index contributed by atoms with van der Waals surface area (Å²) < 4.78 is 31.1. The Morgan fingerprint density at radius 3 is 1.87 bits per heavy atom. The second-order valence-electron chi connectivity index (χ2n) is 11.7. The molecule has 3 aromatic carbocycles. The smallest absolute Gasteiger partial charge is 0.343 e. The summed E-state index contributed by atoms with van der Waals surface area (Å²) in [4.78, 5) is 25.1. The maximum atomic E-state index is 14.5. The largest absolute Gasteiger partial charge is 0.491 e. The lowest BCUT2D eigenvalue weighted by Gasteiger charge is -2.13. The summed E-state index contributed by atoms with van der Waals surface area (Å²) in [6.07, 6.45) is 14.8. The molecule has 0 aliphatic rings. The lowest BCUT2D eigenvalue weighted by Crippen LogP contribution is -2.15. The number of rotatable bonds is 21. The van der Waals surface area contributed by atoms with E-state index in [9.17, 15) is 14.0 Å². The van der Waals surface area contributed by atoms with Crippen LogP contribution in [0.3, 0.4) is 0 Å². The Morgan fingerprint density at radius 1 is 0.674 bits per heavy atom. The topological polar surface area (TPSA) is 86.5 Å². The molecule has 1 atom stereocenters. The standard InChI is InChI=1S/C38H49FN2O5/c1-4-6-8-10-11-12-13-15-27-44-36-26-23-33(28-35(36)39)41-40-32-21-17-30(18-22-32)38(43)46-34-24-19-31(20-25-34)37(42)45-29(3)16-14-9-7-5-2/h17-26,28-29H,4-16,27H2,1-3H3/t29-/m0/s1. The summed E-state index contributed by atoms with van der Waals surface area (Å²) in [7, 11) is 0. The van der Waals surface area contributed by atoms with E-state index in [0.29, 0.717) is 34.9 Å². The zero-order chi connectivity index (χ0) is 33.0. The summed E-state index contributed by atoms with van der Waals surface area (Å²) in [5.41, 5.74) is 1.57. The fraction of sp³-hybridized carbons (Fsp3) is 0.474. The molecule has 0 bridgehead atoms. The van der Waals surface area contributed by atoms with E-state index in [1.54, 1.807) is 60.7 Å². The molecule has 0 spiro atoms. The van der Waals surface area contributed by atoms with Crippen molar-refractivity contribution in [2.75, 3.05) is 6.61 Å². The Balaban J connectivity index is 1.41. The predicted octanol–water partition coefficient (Wildman–Crippen LogP) is 11.5. The second kappa shape index (κ2) is 20.9. The van der Waals surface area contributed by atoms with Gasteiger partial charge in [0.1, 0.15) is 5.75 Å². The number of ether oxygens (including phenoxy) is 3. The summed E-state index contributed by atoms with van der Waals surface area (Å²) in [6.45, 7) is 6.77. The van der Waals surface area contributed by atoms with Gasteiger partial charge >= 0.3 is 11.9 Å². The Kier molecular flexibility index (Phi) is 16.5. The average Bonchev–Trinajstić information content (AvgIpc) is 3.06. The number of nitrogens with zero attached hydrogens (tertiary/aromatic N) is 2. The Bertz CT molecular complexity index is 1360. The number of hydrogen-bond donors (Lipinski definition) is 0. The number of azo groups is 1. The van der Waals surface area contributed by atoms with Crippen LogP contribution in [0.1, 0.15) is 125 Å². The molecule has 3 rings (SSSR count). The van der Waals surface area contributed by atoms with Gasteiger partial charge in [-0.15, -0.1) is 0 Å². The molecule has 8 heteroatoms. The number of halogens is 1. The van der Waals surface area contributed by atoms with Gasteiger partial charge in [-0.05, 0) is 86.8 Å². The number of hydrogen-bond acceptors (Lipinski definition) is 7. The SMILES string of the molecule is CCCCCCCCCCOc1ccc(N=Nc2ccc(C(=O)Oc3ccc(C(=O)O[C@@H](C)CCCCCC)cc3)cc2)cc1F. The van der Waals surface area contributed by atoms with Crippen LogP contribution in [0.2, 0.25) is 0 Å². The predicted molar refractivity (Wildman–Crippen MR) is 180 cm³/mol. The van der Waals surface area contributed by atoms with Crippen molar-refractivity contribution in [1.29, 1.82) is 0 Å². The number of carbonyl (C=O) groups excluding carboxylic acids is 2. The maximum Gasteiger partial charge on any atom is 0.343 e. The lowest BCUT2D eigenvalue weighted by molar-refractivity contribution is 0.0319. The molecule has 3 aromatic rings. The summed E-state index contributed by atoms with van der Waals surface area (Å²) in [6, 6.07) is 17.2. The molecule has 0 aromatic heterocycles. The van der Waals surface area contributed by atoms with Crippen LogP contribution in [0.4, 0.5) is 15.8 Å². The van der Waals surface area contributed by atoms with Gasteiger partial charge in [0.05, 0.1) is 35.2 Å². The molecule has 0 aliphatic carbocycles. The first-order valence-electron chi connectivity index (χ1n) is 16.9. The highest BCUT2D eigenvalue weighted by Crippen LogP contribution is 2.26. The molecule has 46 heavy (non-hydrogen) atoms. The van der Waals surface area contributed by atoms with E-state index >= 15 is 0 Å². The van der Waals surface area contributed by atoms with E-state index in [-0.39, 0.29) is 11.9 Å². The van der Waals surface area contributed by atoms with E-state index in [1.165, 1.54) is 51.0 Å². The highest BCUT2D eigenvalue weighted by atomic mass is 19.1. The van der Waals surface area contributed by atoms with Gasteiger partial charge in [0.25, 0.3) is 0 Å². The van der Waals surface area contributed by atoms with Gasteiger partial charge in [0.2, 0.25) is 0 Å². The molecule has 0 heterocycles. The van der Waals surface area contributed by atoms with Gasteiger partial charge < -0.3 is 14.2 Å². The van der Waals surface area contributed by atoms with Crippen molar-refractivity contribution in [2.24, 2.45) is 10.2 Å². The third-order valence-electron chi connectivity index (χ3n) is 7.63. The van der Waals surface area contributed by atoms with E-state index in [4.69, 9.17) is 14.2 Å². The summed E-state index contributed by atoms with van der Waals surface area (Å²) in [5, 5.41) is 8.26. The summed E-state index contributed by atoms with van der Waals surface area (Å²) >= 11 is 0. The maximum absolute atomic E-state index is 14.5. The first kappa shape index (κ1) is 36.4. The van der Waals surface area contributed by atoms with Crippen LogP contribution in [0.5, 0.6) is 11.5 Å². The Hall–Kier alpha value is -4.07. The highest BCUT2D eigenvalue weighted by molar-refractivity contribution is 5.92. The van der Waals surface area contributed by atoms with E-state index in [2.05, 4.69) is 24.1 Å². The first-order valence-corrected chi connectivity index (χ1v) is 16.9. The van der Waals surface area contributed by atoms with Crippen molar-refractivity contribution in [1.82, 2.24) is 0 Å². The van der Waals surface area contributed by atoms with Crippen LogP contribution >= 0.6 is 0 Å². The van der Waals surface area contributed by atoms with Gasteiger partial charge in [0, 0.05) is 6.07 Å². The average molecular weight is 633 g/mol. The van der Waals surface area contributed by atoms with Gasteiger partial charge in [-0.25, -0.2) is 14.0 Å². The number of benzene rings is 3. The Labute approximate surface area is 273 Å². The van der Waals surface area contributed by atoms with Crippen molar-refractivity contribution in [3.05, 3.63) is 83.7 Å². The van der Waals surface area contributed by atoms with E-state index in [1.807, 2.05) is 6.92 Å². The molecule has 0 saturated heterocycles. The lowest BCUT2D eigenvalue weighted by atomic mass is 10.1. The van der Waals surface area contributed by atoms with Crippen LogP contribution in [-0.4, -0.2) is 24.6 Å². The third-order valence-corrected chi connectivity index (χ3v) is 7.63. The molecule has 0 saturated carbocycles. The van der Waals surface area contributed by atoms with Crippen molar-refractivity contribution in [3.8, 4) is 11.5 Å². The van der Waals surface area contributed by atoms with Gasteiger partial charge in [-0.3, -0.25) is 0 Å². The number of esters is 2. The van der Waals surface area contributed by atoms with Crippen molar-refractivity contribution in [3.63, 3.8) is 0 Å². The molecule has 7 nitrogen and oxygen atoms in total. The third kappa shape index (κ3) is 13.5.